The second-order valence-electron chi connectivity index (χ2n) is 7.83. The number of aromatic nitrogens is 3. The van der Waals surface area contributed by atoms with E-state index in [2.05, 4.69) is 9.97 Å². The highest BCUT2D eigenvalue weighted by Gasteiger charge is 2.42. The zero-order valence-electron chi connectivity index (χ0n) is 15.4. The van der Waals surface area contributed by atoms with E-state index in [0.29, 0.717) is 34.0 Å². The number of benzene rings is 1. The molecule has 27 heavy (non-hydrogen) atoms. The SMILES string of the molecule is COc1cccc2c1nc(N)n1cc(C(=O)N3CCCC4(CCC4)C3)nc21. The van der Waals surface area contributed by atoms with E-state index in [1.54, 1.807) is 17.7 Å². The molecule has 7 nitrogen and oxygen atoms in total. The summed E-state index contributed by atoms with van der Waals surface area (Å²) < 4.78 is 7.08. The first-order valence-electron chi connectivity index (χ1n) is 9.51. The van der Waals surface area contributed by atoms with Gasteiger partial charge in [-0.3, -0.25) is 9.20 Å². The fourth-order valence-corrected chi connectivity index (χ4v) is 4.63. The van der Waals surface area contributed by atoms with Crippen molar-refractivity contribution in [3.8, 4) is 5.75 Å². The first-order valence-corrected chi connectivity index (χ1v) is 9.51. The molecule has 0 bridgehead atoms. The van der Waals surface area contributed by atoms with Crippen LogP contribution in [0, 0.1) is 5.41 Å². The van der Waals surface area contributed by atoms with E-state index in [0.717, 1.165) is 24.9 Å². The number of imidazole rings is 1. The number of anilines is 1. The summed E-state index contributed by atoms with van der Waals surface area (Å²) in [5.41, 5.74) is 8.21. The highest BCUT2D eigenvalue weighted by molar-refractivity contribution is 5.99. The fraction of sp³-hybridized carbons (Fsp3) is 0.450. The standard InChI is InChI=1S/C20H23N5O2/c1-27-15-6-2-5-13-16(15)23-19(21)25-11-14(22-17(13)25)18(26)24-10-4-9-20(12-24)7-3-8-20/h2,5-6,11H,3-4,7-10,12H2,1H3,(H2,21,23). The lowest BCUT2D eigenvalue weighted by atomic mass is 9.64. The molecule has 1 spiro atoms. The Labute approximate surface area is 157 Å². The number of nitrogens with zero attached hydrogens (tertiary/aromatic N) is 4. The largest absolute Gasteiger partial charge is 0.494 e. The number of fused-ring (bicyclic) bond motifs is 3. The zero-order valence-corrected chi connectivity index (χ0v) is 15.4. The number of ether oxygens (including phenoxy) is 1. The summed E-state index contributed by atoms with van der Waals surface area (Å²) >= 11 is 0. The maximum absolute atomic E-state index is 13.1. The minimum absolute atomic E-state index is 0.0138. The molecule has 0 atom stereocenters. The van der Waals surface area contributed by atoms with Crippen LogP contribution in [0.25, 0.3) is 16.6 Å². The Kier molecular flexibility index (Phi) is 3.54. The van der Waals surface area contributed by atoms with Crippen molar-refractivity contribution in [3.05, 3.63) is 30.1 Å². The van der Waals surface area contributed by atoms with E-state index in [9.17, 15) is 4.79 Å². The van der Waals surface area contributed by atoms with Crippen molar-refractivity contribution in [1.82, 2.24) is 19.3 Å². The summed E-state index contributed by atoms with van der Waals surface area (Å²) in [4.78, 5) is 24.2. The van der Waals surface area contributed by atoms with Crippen LogP contribution in [0.1, 0.15) is 42.6 Å². The predicted molar refractivity (Wildman–Crippen MR) is 103 cm³/mol. The van der Waals surface area contributed by atoms with Crippen LogP contribution in [-0.2, 0) is 0 Å². The molecular formula is C20H23N5O2. The molecule has 2 fully saturated rings. The Hall–Kier alpha value is -2.83. The van der Waals surface area contributed by atoms with E-state index in [-0.39, 0.29) is 5.91 Å². The number of methoxy groups -OCH3 is 1. The van der Waals surface area contributed by atoms with Gasteiger partial charge in [0.1, 0.15) is 22.6 Å². The molecular weight excluding hydrogens is 342 g/mol. The van der Waals surface area contributed by atoms with Gasteiger partial charge in [0.2, 0.25) is 5.95 Å². The lowest BCUT2D eigenvalue weighted by Gasteiger charge is -2.48. The van der Waals surface area contributed by atoms with E-state index in [1.165, 1.54) is 25.7 Å². The number of piperidine rings is 1. The number of carbonyl (C=O) groups excluding carboxylic acids is 1. The maximum atomic E-state index is 13.1. The van der Waals surface area contributed by atoms with Gasteiger partial charge in [0.15, 0.2) is 0 Å². The van der Waals surface area contributed by atoms with E-state index >= 15 is 0 Å². The smallest absolute Gasteiger partial charge is 0.274 e. The summed E-state index contributed by atoms with van der Waals surface area (Å²) in [5.74, 6) is 0.920. The van der Waals surface area contributed by atoms with Gasteiger partial charge in [0.25, 0.3) is 5.91 Å². The summed E-state index contributed by atoms with van der Waals surface area (Å²) in [6, 6.07) is 5.65. The van der Waals surface area contributed by atoms with Crippen molar-refractivity contribution in [3.63, 3.8) is 0 Å². The number of likely N-dealkylation sites (tertiary alicyclic amines) is 1. The van der Waals surface area contributed by atoms with Crippen LogP contribution < -0.4 is 10.5 Å². The first-order chi connectivity index (χ1) is 13.1. The molecule has 7 heteroatoms. The molecule has 3 heterocycles. The third-order valence-corrected chi connectivity index (χ3v) is 6.22. The molecule has 140 valence electrons. The van der Waals surface area contributed by atoms with Crippen LogP contribution in [0.3, 0.4) is 0 Å². The third-order valence-electron chi connectivity index (χ3n) is 6.22. The molecule has 5 rings (SSSR count). The summed E-state index contributed by atoms with van der Waals surface area (Å²) in [6.07, 6.45) is 7.78. The number of para-hydroxylation sites is 1. The summed E-state index contributed by atoms with van der Waals surface area (Å²) in [7, 11) is 1.60. The van der Waals surface area contributed by atoms with E-state index < -0.39 is 0 Å². The Bertz CT molecular complexity index is 1050. The van der Waals surface area contributed by atoms with Crippen LogP contribution in [0.5, 0.6) is 5.75 Å². The van der Waals surface area contributed by atoms with Crippen LogP contribution in [0.4, 0.5) is 5.95 Å². The summed E-state index contributed by atoms with van der Waals surface area (Å²) in [6.45, 7) is 1.65. The van der Waals surface area contributed by atoms with E-state index in [4.69, 9.17) is 10.5 Å². The minimum atomic E-state index is -0.0138. The van der Waals surface area contributed by atoms with Crippen LogP contribution in [0.15, 0.2) is 24.4 Å². The van der Waals surface area contributed by atoms with Crippen molar-refractivity contribution < 1.29 is 9.53 Å². The van der Waals surface area contributed by atoms with Crippen molar-refractivity contribution in [2.45, 2.75) is 32.1 Å². The second kappa shape index (κ2) is 5.84. The van der Waals surface area contributed by atoms with Gasteiger partial charge in [-0.2, -0.15) is 0 Å². The number of carbonyl (C=O) groups is 1. The number of nitrogens with two attached hydrogens (primary N) is 1. The molecule has 1 aliphatic heterocycles. The molecule has 2 N–H and O–H groups in total. The maximum Gasteiger partial charge on any atom is 0.274 e. The molecule has 3 aromatic rings. The number of hydrogen-bond donors (Lipinski definition) is 1. The van der Waals surface area contributed by atoms with Crippen molar-refractivity contribution >= 4 is 28.4 Å². The molecule has 1 aliphatic carbocycles. The fourth-order valence-electron chi connectivity index (χ4n) is 4.63. The molecule has 2 aliphatic rings. The van der Waals surface area contributed by atoms with Crippen LogP contribution in [0.2, 0.25) is 0 Å². The summed E-state index contributed by atoms with van der Waals surface area (Å²) in [5, 5.41) is 0.816. The Balaban J connectivity index is 1.57. The monoisotopic (exact) mass is 365 g/mol. The number of nitrogen functional groups attached to an aromatic ring is 1. The van der Waals surface area contributed by atoms with Gasteiger partial charge in [-0.1, -0.05) is 12.5 Å². The lowest BCUT2D eigenvalue weighted by molar-refractivity contribution is 0.0182. The third kappa shape index (κ3) is 2.44. The highest BCUT2D eigenvalue weighted by Crippen LogP contribution is 2.47. The van der Waals surface area contributed by atoms with Gasteiger partial charge in [-0.05, 0) is 43.2 Å². The molecule has 1 aromatic carbocycles. The molecule has 1 amide bonds. The Morgan fingerprint density at radius 1 is 1.22 bits per heavy atom. The van der Waals surface area contributed by atoms with Crippen molar-refractivity contribution in [2.75, 3.05) is 25.9 Å². The van der Waals surface area contributed by atoms with Crippen molar-refractivity contribution in [2.24, 2.45) is 5.41 Å². The van der Waals surface area contributed by atoms with Gasteiger partial charge in [-0.15, -0.1) is 0 Å². The number of rotatable bonds is 2. The van der Waals surface area contributed by atoms with Gasteiger partial charge in [0, 0.05) is 24.7 Å². The van der Waals surface area contributed by atoms with Gasteiger partial charge in [0.05, 0.1) is 7.11 Å². The molecule has 1 saturated carbocycles. The van der Waals surface area contributed by atoms with Crippen LogP contribution in [-0.4, -0.2) is 45.4 Å². The second-order valence-corrected chi connectivity index (χ2v) is 7.83. The van der Waals surface area contributed by atoms with Crippen molar-refractivity contribution in [1.29, 1.82) is 0 Å². The highest BCUT2D eigenvalue weighted by atomic mass is 16.5. The molecule has 0 radical (unpaired) electrons. The first kappa shape index (κ1) is 16.4. The quantitative estimate of drug-likeness (QED) is 0.755. The lowest BCUT2D eigenvalue weighted by Crippen LogP contribution is -2.49. The average Bonchev–Trinajstić information content (AvgIpc) is 3.12. The number of amides is 1. The van der Waals surface area contributed by atoms with Gasteiger partial charge >= 0.3 is 0 Å². The topological polar surface area (TPSA) is 85.8 Å². The van der Waals surface area contributed by atoms with Gasteiger partial charge in [-0.25, -0.2) is 9.97 Å². The molecule has 2 aromatic heterocycles. The molecule has 1 saturated heterocycles. The zero-order chi connectivity index (χ0) is 18.6. The Morgan fingerprint density at radius 3 is 2.78 bits per heavy atom. The Morgan fingerprint density at radius 2 is 2.04 bits per heavy atom. The van der Waals surface area contributed by atoms with E-state index in [1.807, 2.05) is 23.1 Å². The van der Waals surface area contributed by atoms with Crippen LogP contribution >= 0.6 is 0 Å². The normalized spacial score (nSPS) is 18.8. The minimum Gasteiger partial charge on any atom is -0.494 e. The van der Waals surface area contributed by atoms with Gasteiger partial charge < -0.3 is 15.4 Å². The average molecular weight is 365 g/mol. The molecule has 0 unspecified atom stereocenters. The predicted octanol–water partition coefficient (Wildman–Crippen LogP) is 2.88. The number of hydrogen-bond acceptors (Lipinski definition) is 5.